The first-order chi connectivity index (χ1) is 12.3. The van der Waals surface area contributed by atoms with Crippen LogP contribution in [0.3, 0.4) is 0 Å². The van der Waals surface area contributed by atoms with E-state index in [1.807, 2.05) is 12.1 Å². The molecule has 1 N–H and O–H groups in total. The highest BCUT2D eigenvalue weighted by Crippen LogP contribution is 2.32. The van der Waals surface area contributed by atoms with E-state index in [1.54, 1.807) is 7.11 Å². The minimum absolute atomic E-state index is 0.150. The second-order valence-electron chi connectivity index (χ2n) is 7.11. The maximum atomic E-state index is 12.3. The fourth-order valence-electron chi connectivity index (χ4n) is 3.95. The quantitative estimate of drug-likeness (QED) is 0.766. The maximum absolute atomic E-state index is 12.3. The monoisotopic (exact) mass is 342 g/mol. The molecule has 0 aromatic heterocycles. The van der Waals surface area contributed by atoms with E-state index in [9.17, 15) is 4.79 Å². The van der Waals surface area contributed by atoms with Gasteiger partial charge in [-0.1, -0.05) is 23.8 Å². The lowest BCUT2D eigenvalue weighted by Gasteiger charge is -2.24. The van der Waals surface area contributed by atoms with Crippen LogP contribution in [0.4, 0.5) is 0 Å². The Balaban J connectivity index is 1.47. The van der Waals surface area contributed by atoms with Crippen LogP contribution in [-0.2, 0) is 4.79 Å². The van der Waals surface area contributed by atoms with Gasteiger partial charge in [0, 0.05) is 12.6 Å². The Bertz CT molecular complexity index is 594. The molecule has 0 spiro atoms. The normalized spacial score (nSPS) is 21.0. The number of hydrogen-bond donors (Lipinski definition) is 1. The van der Waals surface area contributed by atoms with Crippen LogP contribution < -0.4 is 10.1 Å². The van der Waals surface area contributed by atoms with Crippen LogP contribution in [0.5, 0.6) is 5.75 Å². The molecule has 1 aliphatic carbocycles. The Morgan fingerprint density at radius 1 is 1.24 bits per heavy atom. The fourth-order valence-corrected chi connectivity index (χ4v) is 3.95. The van der Waals surface area contributed by atoms with E-state index in [0.717, 1.165) is 38.1 Å². The number of carbonyl (C=O) groups is 1. The largest absolute Gasteiger partial charge is 0.497 e. The van der Waals surface area contributed by atoms with Crippen molar-refractivity contribution in [1.82, 2.24) is 10.2 Å². The van der Waals surface area contributed by atoms with Gasteiger partial charge in [-0.3, -0.25) is 9.69 Å². The molecule has 136 valence electrons. The van der Waals surface area contributed by atoms with Gasteiger partial charge in [-0.2, -0.15) is 0 Å². The van der Waals surface area contributed by atoms with Crippen molar-refractivity contribution in [2.75, 3.05) is 26.7 Å². The van der Waals surface area contributed by atoms with Crippen molar-refractivity contribution < 1.29 is 9.53 Å². The molecule has 1 fully saturated rings. The lowest BCUT2D eigenvalue weighted by Crippen LogP contribution is -2.37. The summed E-state index contributed by atoms with van der Waals surface area (Å²) in [6.45, 7) is 2.26. The third-order valence-corrected chi connectivity index (χ3v) is 5.36. The highest BCUT2D eigenvalue weighted by Gasteiger charge is 2.27. The van der Waals surface area contributed by atoms with Crippen molar-refractivity contribution in [3.63, 3.8) is 0 Å². The molecule has 4 nitrogen and oxygen atoms in total. The predicted molar refractivity (Wildman–Crippen MR) is 101 cm³/mol. The first-order valence-corrected chi connectivity index (χ1v) is 9.59. The highest BCUT2D eigenvalue weighted by atomic mass is 16.5. The molecule has 0 saturated carbocycles. The molecule has 0 unspecified atom stereocenters. The maximum Gasteiger partial charge on any atom is 0.234 e. The van der Waals surface area contributed by atoms with E-state index in [1.165, 1.54) is 36.8 Å². The van der Waals surface area contributed by atoms with Crippen molar-refractivity contribution >= 4 is 5.91 Å². The molecule has 1 aromatic rings. The van der Waals surface area contributed by atoms with Gasteiger partial charge in [0.15, 0.2) is 0 Å². The SMILES string of the molecule is COc1ccc([C@@H]2CCCN2CC(=O)NCCC2=CCCCC2)cc1. The molecular formula is C21H30N2O2. The molecule has 0 bridgehead atoms. The molecule has 25 heavy (non-hydrogen) atoms. The second kappa shape index (κ2) is 9.04. The minimum atomic E-state index is 0.150. The molecular weight excluding hydrogens is 312 g/mol. The zero-order valence-electron chi connectivity index (χ0n) is 15.3. The second-order valence-corrected chi connectivity index (χ2v) is 7.11. The smallest absolute Gasteiger partial charge is 0.234 e. The summed E-state index contributed by atoms with van der Waals surface area (Å²) in [4.78, 5) is 14.6. The summed E-state index contributed by atoms with van der Waals surface area (Å²) in [5, 5.41) is 3.11. The summed E-state index contributed by atoms with van der Waals surface area (Å²) in [6.07, 6.45) is 10.7. The van der Waals surface area contributed by atoms with Crippen LogP contribution >= 0.6 is 0 Å². The number of rotatable bonds is 7. The average Bonchev–Trinajstić information content (AvgIpc) is 3.10. The molecule has 3 rings (SSSR count). The molecule has 0 radical (unpaired) electrons. The number of nitrogens with one attached hydrogen (secondary N) is 1. The Hall–Kier alpha value is -1.81. The van der Waals surface area contributed by atoms with Crippen LogP contribution in [0.15, 0.2) is 35.9 Å². The van der Waals surface area contributed by atoms with Gasteiger partial charge in [0.25, 0.3) is 0 Å². The number of amides is 1. The molecule has 1 atom stereocenters. The van der Waals surface area contributed by atoms with Crippen molar-refractivity contribution in [1.29, 1.82) is 0 Å². The number of ether oxygens (including phenoxy) is 1. The fraction of sp³-hybridized carbons (Fsp3) is 0.571. The number of benzene rings is 1. The zero-order valence-corrected chi connectivity index (χ0v) is 15.3. The van der Waals surface area contributed by atoms with Crippen molar-refractivity contribution in [2.45, 2.75) is 51.0 Å². The van der Waals surface area contributed by atoms with Crippen LogP contribution in [0.25, 0.3) is 0 Å². The molecule has 1 aliphatic heterocycles. The predicted octanol–water partition coefficient (Wildman–Crippen LogP) is 3.84. The van der Waals surface area contributed by atoms with Gasteiger partial charge in [0.1, 0.15) is 5.75 Å². The van der Waals surface area contributed by atoms with E-state index in [0.29, 0.717) is 12.6 Å². The number of nitrogens with zero attached hydrogens (tertiary/aromatic N) is 1. The molecule has 1 amide bonds. The summed E-state index contributed by atoms with van der Waals surface area (Å²) in [5.41, 5.74) is 2.79. The number of likely N-dealkylation sites (tertiary alicyclic amines) is 1. The lowest BCUT2D eigenvalue weighted by atomic mass is 9.97. The van der Waals surface area contributed by atoms with Crippen molar-refractivity contribution in [3.05, 3.63) is 41.5 Å². The van der Waals surface area contributed by atoms with E-state index in [4.69, 9.17) is 4.74 Å². The lowest BCUT2D eigenvalue weighted by molar-refractivity contribution is -0.122. The number of hydrogen-bond acceptors (Lipinski definition) is 3. The van der Waals surface area contributed by atoms with E-state index >= 15 is 0 Å². The van der Waals surface area contributed by atoms with Gasteiger partial charge in [-0.15, -0.1) is 0 Å². The number of allylic oxidation sites excluding steroid dienone is 1. The summed E-state index contributed by atoms with van der Waals surface area (Å²) in [5.74, 6) is 1.03. The Morgan fingerprint density at radius 2 is 2.08 bits per heavy atom. The third kappa shape index (κ3) is 5.08. The van der Waals surface area contributed by atoms with Gasteiger partial charge in [-0.25, -0.2) is 0 Å². The van der Waals surface area contributed by atoms with Gasteiger partial charge in [0.2, 0.25) is 5.91 Å². The zero-order chi connectivity index (χ0) is 17.5. The van der Waals surface area contributed by atoms with E-state index in [2.05, 4.69) is 28.4 Å². The molecule has 4 heteroatoms. The average molecular weight is 342 g/mol. The first kappa shape index (κ1) is 18.0. The van der Waals surface area contributed by atoms with Crippen molar-refractivity contribution in [3.8, 4) is 5.75 Å². The van der Waals surface area contributed by atoms with E-state index in [-0.39, 0.29) is 5.91 Å². The van der Waals surface area contributed by atoms with E-state index < -0.39 is 0 Å². The van der Waals surface area contributed by atoms with Crippen LogP contribution in [0, 0.1) is 0 Å². The Morgan fingerprint density at radius 3 is 2.80 bits per heavy atom. The summed E-state index contributed by atoms with van der Waals surface area (Å²) >= 11 is 0. The van der Waals surface area contributed by atoms with Crippen LogP contribution in [-0.4, -0.2) is 37.6 Å². The summed E-state index contributed by atoms with van der Waals surface area (Å²) in [6, 6.07) is 8.59. The highest BCUT2D eigenvalue weighted by molar-refractivity contribution is 5.78. The third-order valence-electron chi connectivity index (χ3n) is 5.36. The van der Waals surface area contributed by atoms with Gasteiger partial charge in [0.05, 0.1) is 13.7 Å². The topological polar surface area (TPSA) is 41.6 Å². The molecule has 1 heterocycles. The van der Waals surface area contributed by atoms with Gasteiger partial charge < -0.3 is 10.1 Å². The summed E-state index contributed by atoms with van der Waals surface area (Å²) in [7, 11) is 1.69. The van der Waals surface area contributed by atoms with Gasteiger partial charge >= 0.3 is 0 Å². The molecule has 2 aliphatic rings. The number of carbonyl (C=O) groups excluding carboxylic acids is 1. The van der Waals surface area contributed by atoms with Crippen molar-refractivity contribution in [2.24, 2.45) is 0 Å². The van der Waals surface area contributed by atoms with Gasteiger partial charge in [-0.05, 0) is 69.2 Å². The Labute approximate surface area is 151 Å². The van der Waals surface area contributed by atoms with Crippen LogP contribution in [0.2, 0.25) is 0 Å². The minimum Gasteiger partial charge on any atom is -0.497 e. The van der Waals surface area contributed by atoms with Crippen LogP contribution in [0.1, 0.15) is 56.6 Å². The summed E-state index contributed by atoms with van der Waals surface area (Å²) < 4.78 is 5.24. The molecule has 1 aromatic carbocycles. The molecule has 1 saturated heterocycles. The number of methoxy groups -OCH3 is 1. The Kier molecular flexibility index (Phi) is 6.51. The standard InChI is InChI=1S/C21H30N2O2/c1-25-19-11-9-18(10-12-19)20-8-5-15-23(20)16-21(24)22-14-13-17-6-3-2-4-7-17/h6,9-12,20H,2-5,7-8,13-16H2,1H3,(H,22,24)/t20-/m0/s1. The first-order valence-electron chi connectivity index (χ1n) is 9.59.